The van der Waals surface area contributed by atoms with Gasteiger partial charge in [-0.15, -0.1) is 0 Å². The summed E-state index contributed by atoms with van der Waals surface area (Å²) in [6.45, 7) is 1.58. The van der Waals surface area contributed by atoms with E-state index in [-0.39, 0.29) is 25.0 Å². The zero-order chi connectivity index (χ0) is 19.2. The maximum absolute atomic E-state index is 11.9. The maximum Gasteiger partial charge on any atom is 0.277 e. The van der Waals surface area contributed by atoms with Gasteiger partial charge in [0.1, 0.15) is 17.2 Å². The SMILES string of the molecule is COc1ccc(OCC(=O)N/N=C(/C)c2ccc3c(c2)NC(=O)CO3)cc1. The number of hydrogen-bond acceptors (Lipinski definition) is 6. The number of methoxy groups -OCH3 is 1. The van der Waals surface area contributed by atoms with Gasteiger partial charge in [0, 0.05) is 0 Å². The number of benzene rings is 2. The highest BCUT2D eigenvalue weighted by Crippen LogP contribution is 2.28. The Kier molecular flexibility index (Phi) is 5.55. The van der Waals surface area contributed by atoms with Crippen LogP contribution in [0, 0.1) is 0 Å². The highest BCUT2D eigenvalue weighted by molar-refractivity contribution is 6.02. The van der Waals surface area contributed by atoms with Crippen molar-refractivity contribution in [1.29, 1.82) is 0 Å². The minimum atomic E-state index is -0.389. The molecule has 1 aliphatic rings. The fourth-order valence-corrected chi connectivity index (χ4v) is 2.37. The second-order valence-electron chi connectivity index (χ2n) is 5.74. The van der Waals surface area contributed by atoms with Crippen molar-refractivity contribution < 1.29 is 23.8 Å². The molecule has 2 aromatic carbocycles. The zero-order valence-corrected chi connectivity index (χ0v) is 14.9. The lowest BCUT2D eigenvalue weighted by atomic mass is 10.1. The number of carbonyl (C=O) groups excluding carboxylic acids is 2. The molecule has 0 atom stereocenters. The number of amides is 2. The van der Waals surface area contributed by atoms with Gasteiger partial charge in [0.15, 0.2) is 13.2 Å². The number of nitrogens with zero attached hydrogens (tertiary/aromatic N) is 1. The Morgan fingerprint density at radius 1 is 1.22 bits per heavy atom. The Balaban J connectivity index is 1.55. The third kappa shape index (κ3) is 4.75. The summed E-state index contributed by atoms with van der Waals surface area (Å²) in [4.78, 5) is 23.3. The monoisotopic (exact) mass is 369 g/mol. The number of nitrogens with one attached hydrogen (secondary N) is 2. The highest BCUT2D eigenvalue weighted by Gasteiger charge is 2.16. The van der Waals surface area contributed by atoms with Crippen LogP contribution < -0.4 is 25.0 Å². The lowest BCUT2D eigenvalue weighted by Crippen LogP contribution is -2.26. The van der Waals surface area contributed by atoms with E-state index >= 15 is 0 Å². The molecule has 0 bridgehead atoms. The van der Waals surface area contributed by atoms with Crippen molar-refractivity contribution in [3.8, 4) is 17.2 Å². The Morgan fingerprint density at radius 3 is 2.70 bits per heavy atom. The molecule has 0 radical (unpaired) electrons. The van der Waals surface area contributed by atoms with Gasteiger partial charge in [0.2, 0.25) is 0 Å². The van der Waals surface area contributed by atoms with Crippen LogP contribution in [0.1, 0.15) is 12.5 Å². The van der Waals surface area contributed by atoms with E-state index in [9.17, 15) is 9.59 Å². The number of rotatable bonds is 6. The van der Waals surface area contributed by atoms with Gasteiger partial charge in [0.25, 0.3) is 11.8 Å². The van der Waals surface area contributed by atoms with Crippen LogP contribution in [0.25, 0.3) is 0 Å². The van der Waals surface area contributed by atoms with Crippen LogP contribution in [0.5, 0.6) is 17.2 Å². The first-order valence-electron chi connectivity index (χ1n) is 8.22. The van der Waals surface area contributed by atoms with Crippen LogP contribution >= 0.6 is 0 Å². The Morgan fingerprint density at radius 2 is 1.96 bits per heavy atom. The fourth-order valence-electron chi connectivity index (χ4n) is 2.37. The Bertz CT molecular complexity index is 877. The van der Waals surface area contributed by atoms with E-state index in [2.05, 4.69) is 15.8 Å². The summed E-state index contributed by atoms with van der Waals surface area (Å²) in [5, 5.41) is 6.80. The van der Waals surface area contributed by atoms with E-state index < -0.39 is 0 Å². The van der Waals surface area contributed by atoms with Crippen molar-refractivity contribution in [2.24, 2.45) is 5.10 Å². The van der Waals surface area contributed by atoms with Crippen LogP contribution in [-0.2, 0) is 9.59 Å². The van der Waals surface area contributed by atoms with Crippen molar-refractivity contribution in [2.45, 2.75) is 6.92 Å². The van der Waals surface area contributed by atoms with Crippen LogP contribution in [0.4, 0.5) is 5.69 Å². The molecule has 1 aliphatic heterocycles. The van der Waals surface area contributed by atoms with Gasteiger partial charge in [-0.25, -0.2) is 5.43 Å². The molecule has 8 heteroatoms. The molecule has 1 heterocycles. The van der Waals surface area contributed by atoms with Crippen molar-refractivity contribution >= 4 is 23.2 Å². The summed E-state index contributed by atoms with van der Waals surface area (Å²) in [7, 11) is 1.58. The van der Waals surface area contributed by atoms with Gasteiger partial charge in [0.05, 0.1) is 18.5 Å². The van der Waals surface area contributed by atoms with Gasteiger partial charge in [-0.1, -0.05) is 0 Å². The zero-order valence-electron chi connectivity index (χ0n) is 14.9. The van der Waals surface area contributed by atoms with Gasteiger partial charge in [-0.05, 0) is 55.0 Å². The summed E-state index contributed by atoms with van der Waals surface area (Å²) >= 11 is 0. The summed E-state index contributed by atoms with van der Waals surface area (Å²) in [6, 6.07) is 12.2. The Hall–Kier alpha value is -3.55. The van der Waals surface area contributed by atoms with Crippen LogP contribution in [0.15, 0.2) is 47.6 Å². The average Bonchev–Trinajstić information content (AvgIpc) is 2.70. The number of hydrazone groups is 1. The quantitative estimate of drug-likeness (QED) is 0.599. The molecular formula is C19H19N3O5. The molecule has 0 saturated carbocycles. The molecule has 3 rings (SSSR count). The number of anilines is 1. The maximum atomic E-state index is 11.9. The van der Waals surface area contributed by atoms with Crippen LogP contribution in [0.2, 0.25) is 0 Å². The molecule has 0 fully saturated rings. The average molecular weight is 369 g/mol. The van der Waals surface area contributed by atoms with E-state index in [4.69, 9.17) is 14.2 Å². The predicted octanol–water partition coefficient (Wildman–Crippen LogP) is 1.95. The first kappa shape index (κ1) is 18.2. The van der Waals surface area contributed by atoms with E-state index in [0.29, 0.717) is 28.6 Å². The molecule has 8 nitrogen and oxygen atoms in total. The van der Waals surface area contributed by atoms with Crippen LogP contribution in [-0.4, -0.2) is 37.8 Å². The molecule has 2 N–H and O–H groups in total. The smallest absolute Gasteiger partial charge is 0.277 e. The molecule has 2 amide bonds. The van der Waals surface area contributed by atoms with E-state index in [0.717, 1.165) is 5.56 Å². The largest absolute Gasteiger partial charge is 0.497 e. The number of hydrogen-bond donors (Lipinski definition) is 2. The molecular weight excluding hydrogens is 350 g/mol. The van der Waals surface area contributed by atoms with Gasteiger partial charge >= 0.3 is 0 Å². The molecule has 2 aromatic rings. The first-order chi connectivity index (χ1) is 13.0. The molecule has 27 heavy (non-hydrogen) atoms. The van der Waals surface area contributed by atoms with Crippen molar-refractivity contribution in [1.82, 2.24) is 5.43 Å². The number of fused-ring (bicyclic) bond motifs is 1. The lowest BCUT2D eigenvalue weighted by Gasteiger charge is -2.18. The normalized spacial score (nSPS) is 13.1. The summed E-state index contributed by atoms with van der Waals surface area (Å²) < 4.78 is 15.8. The highest BCUT2D eigenvalue weighted by atomic mass is 16.5. The van der Waals surface area contributed by atoms with Crippen LogP contribution in [0.3, 0.4) is 0 Å². The second kappa shape index (κ2) is 8.22. The summed E-state index contributed by atoms with van der Waals surface area (Å²) in [5.74, 6) is 1.26. The Labute approximate surface area is 156 Å². The van der Waals surface area contributed by atoms with Gasteiger partial charge < -0.3 is 19.5 Å². The second-order valence-corrected chi connectivity index (χ2v) is 5.74. The summed E-state index contributed by atoms with van der Waals surface area (Å²) in [6.07, 6.45) is 0. The third-order valence-corrected chi connectivity index (χ3v) is 3.81. The van der Waals surface area contributed by atoms with Gasteiger partial charge in [-0.2, -0.15) is 5.10 Å². The molecule has 0 aromatic heterocycles. The fraction of sp³-hybridized carbons (Fsp3) is 0.211. The van der Waals surface area contributed by atoms with Gasteiger partial charge in [-0.3, -0.25) is 9.59 Å². The first-order valence-corrected chi connectivity index (χ1v) is 8.22. The van der Waals surface area contributed by atoms with Crippen molar-refractivity contribution in [3.63, 3.8) is 0 Å². The number of ether oxygens (including phenoxy) is 3. The van der Waals surface area contributed by atoms with Crippen molar-refractivity contribution in [3.05, 3.63) is 48.0 Å². The third-order valence-electron chi connectivity index (χ3n) is 3.81. The molecule has 140 valence electrons. The topological polar surface area (TPSA) is 98.3 Å². The lowest BCUT2D eigenvalue weighted by molar-refractivity contribution is -0.123. The minimum Gasteiger partial charge on any atom is -0.497 e. The molecule has 0 saturated heterocycles. The standard InChI is InChI=1S/C19H19N3O5/c1-12(13-3-8-17-16(9-13)20-18(23)10-27-17)21-22-19(24)11-26-15-6-4-14(25-2)5-7-15/h3-9H,10-11H2,1-2H3,(H,20,23)(H,22,24)/b21-12-. The minimum absolute atomic E-state index is 0.00364. The molecule has 0 aliphatic carbocycles. The van der Waals surface area contributed by atoms with Crippen molar-refractivity contribution in [2.75, 3.05) is 25.6 Å². The number of carbonyl (C=O) groups is 2. The molecule has 0 spiro atoms. The summed E-state index contributed by atoms with van der Waals surface area (Å²) in [5.41, 5.74) is 4.34. The molecule has 0 unspecified atom stereocenters. The van der Waals surface area contributed by atoms with E-state index in [1.807, 2.05) is 0 Å². The van der Waals surface area contributed by atoms with E-state index in [1.54, 1.807) is 56.5 Å². The van der Waals surface area contributed by atoms with E-state index in [1.165, 1.54) is 0 Å². The predicted molar refractivity (Wildman–Crippen MR) is 99.4 cm³/mol.